The Hall–Kier alpha value is -0.610. The van der Waals surface area contributed by atoms with Crippen LogP contribution in [0, 0.1) is 0 Å². The smallest absolute Gasteiger partial charge is 0.138 e. The van der Waals surface area contributed by atoms with Crippen LogP contribution in [0.25, 0.3) is 0 Å². The first-order valence-electron chi connectivity index (χ1n) is 7.01. The molecule has 1 N–H and O–H groups in total. The highest BCUT2D eigenvalue weighted by Gasteiger charge is 2.16. The second kappa shape index (κ2) is 7.10. The van der Waals surface area contributed by atoms with Crippen molar-refractivity contribution in [2.24, 2.45) is 0 Å². The minimum absolute atomic E-state index is 0.917. The Labute approximate surface area is 114 Å². The molecule has 0 radical (unpaired) electrons. The number of aryl methyl sites for hydroxylation is 1. The summed E-state index contributed by atoms with van der Waals surface area (Å²) in [5.74, 6) is 3.18. The molecule has 0 bridgehead atoms. The fourth-order valence-corrected chi connectivity index (χ4v) is 3.05. The lowest BCUT2D eigenvalue weighted by molar-refractivity contribution is 0.608. The van der Waals surface area contributed by atoms with Crippen molar-refractivity contribution in [2.75, 3.05) is 12.3 Å². The lowest BCUT2D eigenvalue weighted by Gasteiger charge is -2.20. The molecular formula is C14H23N3S. The van der Waals surface area contributed by atoms with Crippen LogP contribution in [0.1, 0.15) is 49.5 Å². The summed E-state index contributed by atoms with van der Waals surface area (Å²) in [5.41, 5.74) is 3.96. The first kappa shape index (κ1) is 13.8. The molecule has 0 saturated carbocycles. The summed E-state index contributed by atoms with van der Waals surface area (Å²) >= 11 is 1.94. The zero-order valence-electron chi connectivity index (χ0n) is 11.5. The first-order valence-corrected chi connectivity index (χ1v) is 8.16. The second-order valence-electron chi connectivity index (χ2n) is 4.74. The fourth-order valence-electron chi connectivity index (χ4n) is 2.31. The number of nitrogens with one attached hydrogen (secondary N) is 1. The van der Waals surface area contributed by atoms with Crippen LogP contribution < -0.4 is 5.32 Å². The normalized spacial score (nSPS) is 14.6. The van der Waals surface area contributed by atoms with Gasteiger partial charge in [-0.15, -0.1) is 0 Å². The Balaban J connectivity index is 2.18. The van der Waals surface area contributed by atoms with Gasteiger partial charge in [0.1, 0.15) is 5.82 Å². The Morgan fingerprint density at radius 3 is 2.89 bits per heavy atom. The zero-order chi connectivity index (χ0) is 12.8. The van der Waals surface area contributed by atoms with Gasteiger partial charge in [0.25, 0.3) is 0 Å². The molecule has 0 amide bonds. The first-order chi connectivity index (χ1) is 8.85. The largest absolute Gasteiger partial charge is 0.311 e. The molecule has 0 unspecified atom stereocenters. The predicted molar refractivity (Wildman–Crippen MR) is 77.9 cm³/mol. The van der Waals surface area contributed by atoms with Crippen LogP contribution in [0.2, 0.25) is 0 Å². The number of thioether (sulfide) groups is 1. The Kier molecular flexibility index (Phi) is 5.45. The molecule has 1 aliphatic rings. The van der Waals surface area contributed by atoms with Gasteiger partial charge in [0, 0.05) is 12.2 Å². The summed E-state index contributed by atoms with van der Waals surface area (Å²) in [6.45, 7) is 6.42. The van der Waals surface area contributed by atoms with Crippen molar-refractivity contribution in [1.29, 1.82) is 0 Å². The molecule has 0 saturated heterocycles. The number of hydrogen-bond acceptors (Lipinski definition) is 4. The van der Waals surface area contributed by atoms with Crippen molar-refractivity contribution in [3.05, 3.63) is 22.8 Å². The quantitative estimate of drug-likeness (QED) is 0.803. The summed E-state index contributed by atoms with van der Waals surface area (Å²) < 4.78 is 0. The minimum Gasteiger partial charge on any atom is -0.311 e. The minimum atomic E-state index is 0.917. The van der Waals surface area contributed by atoms with Gasteiger partial charge in [-0.05, 0) is 37.1 Å². The van der Waals surface area contributed by atoms with E-state index in [0.717, 1.165) is 37.5 Å². The maximum absolute atomic E-state index is 4.79. The van der Waals surface area contributed by atoms with Gasteiger partial charge in [0.05, 0.1) is 11.4 Å². The van der Waals surface area contributed by atoms with Crippen molar-refractivity contribution >= 4 is 11.8 Å². The molecule has 2 heterocycles. The molecule has 0 aromatic carbocycles. The number of rotatable bonds is 6. The average Bonchev–Trinajstić information content (AvgIpc) is 2.39. The van der Waals surface area contributed by atoms with E-state index in [0.29, 0.717) is 0 Å². The van der Waals surface area contributed by atoms with E-state index in [2.05, 4.69) is 19.2 Å². The van der Waals surface area contributed by atoms with E-state index in [4.69, 9.17) is 9.97 Å². The van der Waals surface area contributed by atoms with Crippen LogP contribution >= 0.6 is 11.8 Å². The predicted octanol–water partition coefficient (Wildman–Crippen LogP) is 2.72. The monoisotopic (exact) mass is 265 g/mol. The number of hydrogen-bond donors (Lipinski definition) is 1. The molecule has 0 atom stereocenters. The molecule has 0 aliphatic carbocycles. The summed E-state index contributed by atoms with van der Waals surface area (Å²) in [5, 5.41) is 3.41. The van der Waals surface area contributed by atoms with E-state index in [1.54, 1.807) is 0 Å². The maximum Gasteiger partial charge on any atom is 0.138 e. The number of nitrogens with zero attached hydrogens (tertiary/aromatic N) is 2. The van der Waals surface area contributed by atoms with Gasteiger partial charge in [-0.2, -0.15) is 11.8 Å². The van der Waals surface area contributed by atoms with Gasteiger partial charge in [-0.3, -0.25) is 0 Å². The highest BCUT2D eigenvalue weighted by atomic mass is 32.2. The van der Waals surface area contributed by atoms with Crippen molar-refractivity contribution in [1.82, 2.24) is 15.3 Å². The Morgan fingerprint density at radius 1 is 1.22 bits per heavy atom. The molecule has 1 aromatic heterocycles. The Morgan fingerprint density at radius 2 is 2.11 bits per heavy atom. The second-order valence-corrected chi connectivity index (χ2v) is 5.85. The molecule has 1 aliphatic heterocycles. The van der Waals surface area contributed by atoms with E-state index >= 15 is 0 Å². The van der Waals surface area contributed by atoms with Crippen molar-refractivity contribution in [3.8, 4) is 0 Å². The standard InChI is InChI=1S/C14H23N3S/c1-3-5-12-11-6-7-15-9-13(11)17-14(16-12)10-18-8-4-2/h15H,3-10H2,1-2H3. The van der Waals surface area contributed by atoms with Gasteiger partial charge in [0.2, 0.25) is 0 Å². The van der Waals surface area contributed by atoms with Crippen molar-refractivity contribution in [2.45, 2.75) is 51.8 Å². The molecule has 100 valence electrons. The van der Waals surface area contributed by atoms with Gasteiger partial charge in [-0.25, -0.2) is 9.97 Å². The van der Waals surface area contributed by atoms with E-state index in [1.165, 1.54) is 35.5 Å². The van der Waals surface area contributed by atoms with Crippen LogP contribution in [-0.2, 0) is 25.1 Å². The third-order valence-electron chi connectivity index (χ3n) is 3.14. The van der Waals surface area contributed by atoms with E-state index < -0.39 is 0 Å². The molecule has 1 aromatic rings. The highest BCUT2D eigenvalue weighted by molar-refractivity contribution is 7.98. The van der Waals surface area contributed by atoms with E-state index in [9.17, 15) is 0 Å². The fraction of sp³-hybridized carbons (Fsp3) is 0.714. The summed E-state index contributed by atoms with van der Waals surface area (Å²) in [6, 6.07) is 0. The van der Waals surface area contributed by atoms with Gasteiger partial charge in [0.15, 0.2) is 0 Å². The van der Waals surface area contributed by atoms with Gasteiger partial charge >= 0.3 is 0 Å². The third kappa shape index (κ3) is 3.45. The van der Waals surface area contributed by atoms with Crippen LogP contribution in [0.3, 0.4) is 0 Å². The topological polar surface area (TPSA) is 37.8 Å². The van der Waals surface area contributed by atoms with Gasteiger partial charge < -0.3 is 5.32 Å². The van der Waals surface area contributed by atoms with E-state index in [1.807, 2.05) is 11.8 Å². The molecule has 0 spiro atoms. The van der Waals surface area contributed by atoms with Crippen LogP contribution in [0.5, 0.6) is 0 Å². The Bertz CT molecular complexity index is 393. The lowest BCUT2D eigenvalue weighted by atomic mass is 10.0. The molecule has 0 fully saturated rings. The number of aromatic nitrogens is 2. The highest BCUT2D eigenvalue weighted by Crippen LogP contribution is 2.19. The van der Waals surface area contributed by atoms with Gasteiger partial charge in [-0.1, -0.05) is 20.3 Å². The molecule has 4 heteroatoms. The number of fused-ring (bicyclic) bond motifs is 1. The SMILES string of the molecule is CCCSCc1nc(CCC)c2c(n1)CNCC2. The molecule has 18 heavy (non-hydrogen) atoms. The van der Waals surface area contributed by atoms with Crippen LogP contribution in [0.15, 0.2) is 0 Å². The summed E-state index contributed by atoms with van der Waals surface area (Å²) in [4.78, 5) is 9.52. The average molecular weight is 265 g/mol. The summed E-state index contributed by atoms with van der Waals surface area (Å²) in [7, 11) is 0. The van der Waals surface area contributed by atoms with Crippen molar-refractivity contribution in [3.63, 3.8) is 0 Å². The zero-order valence-corrected chi connectivity index (χ0v) is 12.3. The summed E-state index contributed by atoms with van der Waals surface area (Å²) in [6.07, 6.45) is 4.57. The maximum atomic E-state index is 4.79. The van der Waals surface area contributed by atoms with Crippen LogP contribution in [0.4, 0.5) is 0 Å². The molecular weight excluding hydrogens is 242 g/mol. The van der Waals surface area contributed by atoms with Crippen molar-refractivity contribution < 1.29 is 0 Å². The lowest BCUT2D eigenvalue weighted by Crippen LogP contribution is -2.27. The van der Waals surface area contributed by atoms with E-state index in [-0.39, 0.29) is 0 Å². The third-order valence-corrected chi connectivity index (χ3v) is 4.29. The van der Waals surface area contributed by atoms with Crippen LogP contribution in [-0.4, -0.2) is 22.3 Å². The molecule has 2 rings (SSSR count). The molecule has 3 nitrogen and oxygen atoms in total.